The molecule has 1 saturated heterocycles. The third kappa shape index (κ3) is 3.24. The number of carboxylic acids is 1. The highest BCUT2D eigenvalue weighted by Crippen LogP contribution is 2.24. The number of aliphatic carboxylic acids is 1. The highest BCUT2D eigenvalue weighted by Gasteiger charge is 2.25. The molecular weight excluding hydrogens is 246 g/mol. The molecule has 0 atom stereocenters. The summed E-state index contributed by atoms with van der Waals surface area (Å²) in [6, 6.07) is 6.47. The first kappa shape index (κ1) is 13.4. The Hall–Kier alpha value is -2.04. The van der Waals surface area contributed by atoms with E-state index in [1.807, 2.05) is 0 Å². The molecule has 19 heavy (non-hydrogen) atoms. The van der Waals surface area contributed by atoms with Crippen molar-refractivity contribution < 1.29 is 19.8 Å². The highest BCUT2D eigenvalue weighted by molar-refractivity contribution is 5.96. The van der Waals surface area contributed by atoms with Crippen LogP contribution in [0.4, 0.5) is 0 Å². The molecule has 0 spiro atoms. The predicted molar refractivity (Wildman–Crippen MR) is 69.0 cm³/mol. The minimum absolute atomic E-state index is 0.0137. The van der Waals surface area contributed by atoms with Crippen molar-refractivity contribution in [2.24, 2.45) is 5.92 Å². The van der Waals surface area contributed by atoms with Gasteiger partial charge >= 0.3 is 5.97 Å². The molecule has 0 saturated carbocycles. The van der Waals surface area contributed by atoms with Crippen LogP contribution in [0, 0.1) is 5.92 Å². The summed E-state index contributed by atoms with van der Waals surface area (Å²) in [5, 5.41) is 18.4. The topological polar surface area (TPSA) is 77.8 Å². The summed E-state index contributed by atoms with van der Waals surface area (Å²) in [6.45, 7) is 1.09. The van der Waals surface area contributed by atoms with E-state index >= 15 is 0 Å². The van der Waals surface area contributed by atoms with Gasteiger partial charge in [0, 0.05) is 19.5 Å². The standard InChI is InChI=1S/C14H17NO4/c16-12-4-2-1-3-11(12)14(19)15-7-5-10(6-8-15)9-13(17)18/h1-4,10,16H,5-9H2,(H,17,18). The second-order valence-corrected chi connectivity index (χ2v) is 4.85. The van der Waals surface area contributed by atoms with Crippen LogP contribution in [0.5, 0.6) is 5.75 Å². The third-order valence-electron chi connectivity index (χ3n) is 3.50. The largest absolute Gasteiger partial charge is 0.507 e. The summed E-state index contributed by atoms with van der Waals surface area (Å²) in [5.41, 5.74) is 0.305. The van der Waals surface area contributed by atoms with Crippen LogP contribution in [-0.2, 0) is 4.79 Å². The highest BCUT2D eigenvalue weighted by atomic mass is 16.4. The first-order valence-corrected chi connectivity index (χ1v) is 6.37. The quantitative estimate of drug-likeness (QED) is 0.870. The molecule has 5 heteroatoms. The Morgan fingerprint density at radius 1 is 1.21 bits per heavy atom. The van der Waals surface area contributed by atoms with Gasteiger partial charge in [0.1, 0.15) is 5.75 Å². The van der Waals surface area contributed by atoms with Crippen LogP contribution in [0.3, 0.4) is 0 Å². The zero-order valence-corrected chi connectivity index (χ0v) is 10.6. The fourth-order valence-electron chi connectivity index (χ4n) is 2.41. The van der Waals surface area contributed by atoms with E-state index in [1.165, 1.54) is 6.07 Å². The lowest BCUT2D eigenvalue weighted by Gasteiger charge is -2.31. The minimum atomic E-state index is -0.787. The van der Waals surface area contributed by atoms with Gasteiger partial charge in [0.25, 0.3) is 5.91 Å². The normalized spacial score (nSPS) is 16.3. The Bertz CT molecular complexity index is 478. The number of carbonyl (C=O) groups excluding carboxylic acids is 1. The molecule has 0 unspecified atom stereocenters. The van der Waals surface area contributed by atoms with E-state index in [9.17, 15) is 14.7 Å². The van der Waals surface area contributed by atoms with Crippen molar-refractivity contribution in [1.29, 1.82) is 0 Å². The Morgan fingerprint density at radius 2 is 1.84 bits per heavy atom. The number of rotatable bonds is 3. The molecule has 1 amide bonds. The van der Waals surface area contributed by atoms with Gasteiger partial charge in [0.05, 0.1) is 5.56 Å². The van der Waals surface area contributed by atoms with E-state index in [4.69, 9.17) is 5.11 Å². The monoisotopic (exact) mass is 263 g/mol. The molecule has 1 aliphatic rings. The molecule has 2 rings (SSSR count). The lowest BCUT2D eigenvalue weighted by Crippen LogP contribution is -2.38. The van der Waals surface area contributed by atoms with Gasteiger partial charge in [-0.1, -0.05) is 12.1 Å². The summed E-state index contributed by atoms with van der Waals surface area (Å²) < 4.78 is 0. The van der Waals surface area contributed by atoms with E-state index in [1.54, 1.807) is 23.1 Å². The molecule has 0 aliphatic carbocycles. The van der Waals surface area contributed by atoms with Crippen LogP contribution in [0.15, 0.2) is 24.3 Å². The number of aromatic hydroxyl groups is 1. The molecule has 1 fully saturated rings. The predicted octanol–water partition coefficient (Wildman–Crippen LogP) is 1.72. The van der Waals surface area contributed by atoms with Gasteiger partial charge in [-0.2, -0.15) is 0 Å². The van der Waals surface area contributed by atoms with E-state index in [0.29, 0.717) is 31.5 Å². The molecule has 0 bridgehead atoms. The average Bonchev–Trinajstić information content (AvgIpc) is 2.39. The van der Waals surface area contributed by atoms with Crippen molar-refractivity contribution in [1.82, 2.24) is 4.90 Å². The number of benzene rings is 1. The Labute approximate surface area is 111 Å². The maximum atomic E-state index is 12.2. The smallest absolute Gasteiger partial charge is 0.303 e. The number of carbonyl (C=O) groups is 2. The number of para-hydroxylation sites is 1. The van der Waals surface area contributed by atoms with Crippen molar-refractivity contribution >= 4 is 11.9 Å². The fraction of sp³-hybridized carbons (Fsp3) is 0.429. The van der Waals surface area contributed by atoms with E-state index in [2.05, 4.69) is 0 Å². The summed E-state index contributed by atoms with van der Waals surface area (Å²) in [6.07, 6.45) is 1.57. The Kier molecular flexibility index (Phi) is 4.04. The molecular formula is C14H17NO4. The molecule has 1 aromatic carbocycles. The second kappa shape index (κ2) is 5.73. The summed E-state index contributed by atoms with van der Waals surface area (Å²) in [7, 11) is 0. The van der Waals surface area contributed by atoms with Gasteiger partial charge in [-0.3, -0.25) is 9.59 Å². The molecule has 102 valence electrons. The van der Waals surface area contributed by atoms with Gasteiger partial charge in [-0.25, -0.2) is 0 Å². The maximum absolute atomic E-state index is 12.2. The Balaban J connectivity index is 1.96. The number of phenolic OH excluding ortho intramolecular Hbond substituents is 1. The number of nitrogens with zero attached hydrogens (tertiary/aromatic N) is 1. The average molecular weight is 263 g/mol. The van der Waals surface area contributed by atoms with Crippen molar-refractivity contribution in [2.45, 2.75) is 19.3 Å². The third-order valence-corrected chi connectivity index (χ3v) is 3.50. The SMILES string of the molecule is O=C(O)CC1CCN(C(=O)c2ccccc2O)CC1. The van der Waals surface area contributed by atoms with Crippen LogP contribution < -0.4 is 0 Å². The van der Waals surface area contributed by atoms with E-state index in [0.717, 1.165) is 0 Å². The maximum Gasteiger partial charge on any atom is 0.303 e. The number of hydrogen-bond acceptors (Lipinski definition) is 3. The summed E-state index contributed by atoms with van der Waals surface area (Å²) in [4.78, 5) is 24.5. The van der Waals surface area contributed by atoms with Gasteiger partial charge < -0.3 is 15.1 Å². The fourth-order valence-corrected chi connectivity index (χ4v) is 2.41. The molecule has 2 N–H and O–H groups in total. The van der Waals surface area contributed by atoms with Gasteiger partial charge in [0.2, 0.25) is 0 Å². The van der Waals surface area contributed by atoms with Crippen molar-refractivity contribution in [2.75, 3.05) is 13.1 Å². The first-order valence-electron chi connectivity index (χ1n) is 6.37. The molecule has 1 aromatic rings. The number of carboxylic acid groups (broad SMARTS) is 1. The van der Waals surface area contributed by atoms with Crippen LogP contribution in [0.2, 0.25) is 0 Å². The van der Waals surface area contributed by atoms with Gasteiger partial charge in [-0.05, 0) is 30.9 Å². The lowest BCUT2D eigenvalue weighted by molar-refractivity contribution is -0.138. The Morgan fingerprint density at radius 3 is 2.42 bits per heavy atom. The van der Waals surface area contributed by atoms with Crippen LogP contribution in [0.1, 0.15) is 29.6 Å². The second-order valence-electron chi connectivity index (χ2n) is 4.85. The summed E-state index contributed by atoms with van der Waals surface area (Å²) >= 11 is 0. The van der Waals surface area contributed by atoms with Crippen molar-refractivity contribution in [3.05, 3.63) is 29.8 Å². The van der Waals surface area contributed by atoms with Crippen molar-refractivity contribution in [3.8, 4) is 5.75 Å². The van der Waals surface area contributed by atoms with Crippen LogP contribution in [0.25, 0.3) is 0 Å². The lowest BCUT2D eigenvalue weighted by atomic mass is 9.93. The zero-order valence-electron chi connectivity index (χ0n) is 10.6. The number of hydrogen-bond donors (Lipinski definition) is 2. The first-order chi connectivity index (χ1) is 9.08. The van der Waals surface area contributed by atoms with Crippen LogP contribution >= 0.6 is 0 Å². The van der Waals surface area contributed by atoms with Crippen molar-refractivity contribution in [3.63, 3.8) is 0 Å². The number of amides is 1. The molecule has 0 aromatic heterocycles. The van der Waals surface area contributed by atoms with Gasteiger partial charge in [-0.15, -0.1) is 0 Å². The summed E-state index contributed by atoms with van der Waals surface area (Å²) in [5.74, 6) is -0.844. The number of phenols is 1. The number of likely N-dealkylation sites (tertiary alicyclic amines) is 1. The molecule has 0 radical (unpaired) electrons. The van der Waals surface area contributed by atoms with E-state index in [-0.39, 0.29) is 24.0 Å². The minimum Gasteiger partial charge on any atom is -0.507 e. The van der Waals surface area contributed by atoms with Crippen LogP contribution in [-0.4, -0.2) is 40.1 Å². The molecule has 1 heterocycles. The molecule has 5 nitrogen and oxygen atoms in total. The molecule has 1 aliphatic heterocycles. The number of piperidine rings is 1. The van der Waals surface area contributed by atoms with Gasteiger partial charge in [0.15, 0.2) is 0 Å². The zero-order chi connectivity index (χ0) is 13.8. The van der Waals surface area contributed by atoms with E-state index < -0.39 is 5.97 Å².